The largest absolute Gasteiger partial charge is 0.272 e. The Morgan fingerprint density at radius 2 is 1.93 bits per heavy atom. The van der Waals surface area contributed by atoms with Gasteiger partial charge in [0.2, 0.25) is 0 Å². The average molecular weight is 206 g/mol. The lowest BCUT2D eigenvalue weighted by molar-refractivity contribution is 1.01. The molecule has 0 saturated carbocycles. The molecule has 0 aliphatic heterocycles. The summed E-state index contributed by atoms with van der Waals surface area (Å²) in [6.07, 6.45) is 0.743. The van der Waals surface area contributed by atoms with Gasteiger partial charge in [0, 0.05) is 12.1 Å². The molecule has 1 aromatic rings. The molecule has 0 aliphatic carbocycles. The summed E-state index contributed by atoms with van der Waals surface area (Å²) in [6.45, 7) is 3.86. The van der Waals surface area contributed by atoms with Crippen LogP contribution in [0.2, 0.25) is 0 Å². The van der Waals surface area contributed by atoms with Gasteiger partial charge in [-0.25, -0.2) is 0 Å². The van der Waals surface area contributed by atoms with Crippen LogP contribution in [0.25, 0.3) is 0 Å². The highest BCUT2D eigenvalue weighted by molar-refractivity contribution is 7.80. The monoisotopic (exact) mass is 206 g/mol. The van der Waals surface area contributed by atoms with Crippen molar-refractivity contribution in [3.63, 3.8) is 0 Å². The summed E-state index contributed by atoms with van der Waals surface area (Å²) < 4.78 is 0. The Labute approximate surface area is 90.0 Å². The van der Waals surface area contributed by atoms with Gasteiger partial charge in [0.25, 0.3) is 0 Å². The van der Waals surface area contributed by atoms with Crippen molar-refractivity contribution in [2.24, 2.45) is 5.10 Å². The number of nitrogens with one attached hydrogen (secondary N) is 1. The van der Waals surface area contributed by atoms with Gasteiger partial charge in [-0.15, -0.1) is 0 Å². The highest BCUT2D eigenvalue weighted by Crippen LogP contribution is 1.99. The summed E-state index contributed by atoms with van der Waals surface area (Å²) in [5, 5.41) is 4.05. The van der Waals surface area contributed by atoms with Gasteiger partial charge in [-0.2, -0.15) is 5.10 Å². The van der Waals surface area contributed by atoms with E-state index in [-0.39, 0.29) is 0 Å². The molecule has 1 rings (SSSR count). The predicted octanol–water partition coefficient (Wildman–Crippen LogP) is 2.54. The minimum atomic E-state index is 0.743. The van der Waals surface area contributed by atoms with Crippen molar-refractivity contribution in [2.45, 2.75) is 20.3 Å². The fraction of sp³-hybridized carbons (Fsp3) is 0.273. The number of thiocarbonyl (C=S) groups is 1. The van der Waals surface area contributed by atoms with Crippen LogP contribution >= 0.6 is 12.2 Å². The van der Waals surface area contributed by atoms with E-state index in [1.807, 2.05) is 32.0 Å². The van der Waals surface area contributed by atoms with Gasteiger partial charge < -0.3 is 0 Å². The zero-order valence-corrected chi connectivity index (χ0v) is 9.27. The summed E-state index contributed by atoms with van der Waals surface area (Å²) in [6, 6.07) is 10.1. The first-order valence-corrected chi connectivity index (χ1v) is 4.93. The zero-order chi connectivity index (χ0) is 10.4. The first kappa shape index (κ1) is 10.9. The van der Waals surface area contributed by atoms with Crippen LogP contribution < -0.4 is 5.43 Å². The number of hydrazone groups is 1. The molecule has 0 unspecified atom stereocenters. The smallest absolute Gasteiger partial charge is 0.100 e. The fourth-order valence-electron chi connectivity index (χ4n) is 0.995. The number of hydrogen-bond donors (Lipinski definition) is 1. The number of rotatable bonds is 3. The summed E-state index contributed by atoms with van der Waals surface area (Å²) in [4.78, 5) is 0.748. The second kappa shape index (κ2) is 5.50. The van der Waals surface area contributed by atoms with Crippen LogP contribution in [0.5, 0.6) is 0 Å². The highest BCUT2D eigenvalue weighted by Gasteiger charge is 1.96. The van der Waals surface area contributed by atoms with E-state index in [2.05, 4.69) is 22.7 Å². The van der Waals surface area contributed by atoms with Gasteiger partial charge in [0.05, 0.1) is 0 Å². The standard InChI is InChI=1S/C11H14N2S/c1-9(2)12-13-11(14)8-10-6-4-3-5-7-10/h3-7H,8H2,1-2H3,(H,13,14). The normalized spacial score (nSPS) is 9.29. The minimum absolute atomic E-state index is 0.743. The van der Waals surface area contributed by atoms with Gasteiger partial charge in [0.1, 0.15) is 4.99 Å². The van der Waals surface area contributed by atoms with E-state index in [9.17, 15) is 0 Å². The molecule has 0 aliphatic rings. The van der Waals surface area contributed by atoms with E-state index in [4.69, 9.17) is 12.2 Å². The van der Waals surface area contributed by atoms with Crippen LogP contribution in [-0.4, -0.2) is 10.7 Å². The van der Waals surface area contributed by atoms with E-state index in [0.717, 1.165) is 17.1 Å². The van der Waals surface area contributed by atoms with Gasteiger partial charge in [-0.05, 0) is 19.4 Å². The third kappa shape index (κ3) is 4.14. The lowest BCUT2D eigenvalue weighted by atomic mass is 10.2. The third-order valence-corrected chi connectivity index (χ3v) is 1.85. The van der Waals surface area contributed by atoms with E-state index in [1.54, 1.807) is 0 Å². The van der Waals surface area contributed by atoms with Crippen molar-refractivity contribution < 1.29 is 0 Å². The Morgan fingerprint density at radius 1 is 1.29 bits per heavy atom. The molecule has 0 aromatic heterocycles. The highest BCUT2D eigenvalue weighted by atomic mass is 32.1. The van der Waals surface area contributed by atoms with Gasteiger partial charge in [-0.1, -0.05) is 42.5 Å². The number of hydrogen-bond acceptors (Lipinski definition) is 2. The summed E-state index contributed by atoms with van der Waals surface area (Å²) in [5.41, 5.74) is 5.03. The van der Waals surface area contributed by atoms with Crippen molar-refractivity contribution in [1.29, 1.82) is 0 Å². The zero-order valence-electron chi connectivity index (χ0n) is 8.45. The van der Waals surface area contributed by atoms with E-state index in [0.29, 0.717) is 0 Å². The second-order valence-corrected chi connectivity index (χ2v) is 3.75. The molecule has 1 N–H and O–H groups in total. The molecule has 2 nitrogen and oxygen atoms in total. The lowest BCUT2D eigenvalue weighted by Gasteiger charge is -2.03. The quantitative estimate of drug-likeness (QED) is 0.467. The van der Waals surface area contributed by atoms with Gasteiger partial charge >= 0.3 is 0 Å². The Balaban J connectivity index is 2.46. The van der Waals surface area contributed by atoms with E-state index < -0.39 is 0 Å². The lowest BCUT2D eigenvalue weighted by Crippen LogP contribution is -2.18. The molecular formula is C11H14N2S. The predicted molar refractivity (Wildman–Crippen MR) is 64.7 cm³/mol. The third-order valence-electron chi connectivity index (χ3n) is 1.61. The molecule has 0 spiro atoms. The molecule has 0 amide bonds. The Kier molecular flexibility index (Phi) is 4.26. The molecule has 14 heavy (non-hydrogen) atoms. The molecular weight excluding hydrogens is 192 g/mol. The molecule has 0 fully saturated rings. The maximum absolute atomic E-state index is 5.14. The fourth-order valence-corrected chi connectivity index (χ4v) is 1.21. The molecule has 3 heteroatoms. The van der Waals surface area contributed by atoms with E-state index >= 15 is 0 Å². The van der Waals surface area contributed by atoms with Crippen LogP contribution in [0, 0.1) is 0 Å². The Hall–Kier alpha value is -1.22. The van der Waals surface area contributed by atoms with Crippen LogP contribution in [0.3, 0.4) is 0 Å². The van der Waals surface area contributed by atoms with Crippen LogP contribution in [-0.2, 0) is 6.42 Å². The molecule has 0 saturated heterocycles. The number of nitrogens with zero attached hydrogens (tertiary/aromatic N) is 1. The van der Waals surface area contributed by atoms with E-state index in [1.165, 1.54) is 5.56 Å². The van der Waals surface area contributed by atoms with Crippen molar-refractivity contribution in [3.8, 4) is 0 Å². The summed E-state index contributed by atoms with van der Waals surface area (Å²) in [5.74, 6) is 0. The average Bonchev–Trinajstić information content (AvgIpc) is 2.16. The van der Waals surface area contributed by atoms with Crippen LogP contribution in [0.15, 0.2) is 35.4 Å². The van der Waals surface area contributed by atoms with Gasteiger partial charge in [-0.3, -0.25) is 5.43 Å². The maximum Gasteiger partial charge on any atom is 0.100 e. The molecule has 0 atom stereocenters. The molecule has 0 radical (unpaired) electrons. The van der Waals surface area contributed by atoms with Crippen molar-refractivity contribution >= 4 is 22.9 Å². The number of benzene rings is 1. The molecule has 1 aromatic carbocycles. The van der Waals surface area contributed by atoms with Crippen molar-refractivity contribution in [3.05, 3.63) is 35.9 Å². The molecule has 0 bridgehead atoms. The second-order valence-electron chi connectivity index (χ2n) is 3.26. The SMILES string of the molecule is CC(C)=NNC(=S)Cc1ccccc1. The van der Waals surface area contributed by atoms with Crippen LogP contribution in [0.1, 0.15) is 19.4 Å². The minimum Gasteiger partial charge on any atom is -0.272 e. The Morgan fingerprint density at radius 3 is 2.50 bits per heavy atom. The topological polar surface area (TPSA) is 24.4 Å². The van der Waals surface area contributed by atoms with Crippen molar-refractivity contribution in [2.75, 3.05) is 0 Å². The summed E-state index contributed by atoms with van der Waals surface area (Å²) >= 11 is 5.14. The maximum atomic E-state index is 5.14. The summed E-state index contributed by atoms with van der Waals surface area (Å²) in [7, 11) is 0. The van der Waals surface area contributed by atoms with Crippen molar-refractivity contribution in [1.82, 2.24) is 5.43 Å². The van der Waals surface area contributed by atoms with Crippen LogP contribution in [0.4, 0.5) is 0 Å². The molecule has 0 heterocycles. The molecule has 74 valence electrons. The van der Waals surface area contributed by atoms with Gasteiger partial charge in [0.15, 0.2) is 0 Å². The first-order chi connectivity index (χ1) is 6.68. The first-order valence-electron chi connectivity index (χ1n) is 4.52. The Bertz CT molecular complexity index is 326.